The van der Waals surface area contributed by atoms with E-state index >= 15 is 0 Å². The van der Waals surface area contributed by atoms with Crippen molar-refractivity contribution in [3.8, 4) is 0 Å². The first-order chi connectivity index (χ1) is 14.5. The predicted octanol–water partition coefficient (Wildman–Crippen LogP) is -1.38. The first-order valence-electron chi connectivity index (χ1n) is 10.1. The van der Waals surface area contributed by atoms with Crippen LogP contribution in [-0.4, -0.2) is 100 Å². The van der Waals surface area contributed by atoms with E-state index in [-0.39, 0.29) is 35.9 Å². The van der Waals surface area contributed by atoms with E-state index in [1.54, 1.807) is 0 Å². The smallest absolute Gasteiger partial charge is 0.353 e. The van der Waals surface area contributed by atoms with Crippen LogP contribution in [-0.2, 0) is 24.6 Å². The van der Waals surface area contributed by atoms with Gasteiger partial charge in [0.25, 0.3) is 5.91 Å². The maximum atomic E-state index is 12.8. The van der Waals surface area contributed by atoms with E-state index in [1.165, 1.54) is 30.6 Å². The van der Waals surface area contributed by atoms with Crippen molar-refractivity contribution in [3.63, 3.8) is 0 Å². The molecule has 0 bridgehead atoms. The van der Waals surface area contributed by atoms with Gasteiger partial charge >= 0.3 is 16.2 Å². The van der Waals surface area contributed by atoms with Gasteiger partial charge in [0.2, 0.25) is 5.91 Å². The molecule has 0 spiro atoms. The lowest BCUT2D eigenvalue weighted by Gasteiger charge is -2.46. The van der Waals surface area contributed by atoms with E-state index in [9.17, 15) is 33.0 Å². The monoisotopic (exact) mass is 474 g/mol. The molecule has 0 radical (unpaired) electrons. The Morgan fingerprint density at radius 2 is 1.97 bits per heavy atom. The molecule has 2 amide bonds. The van der Waals surface area contributed by atoms with Gasteiger partial charge in [-0.3, -0.25) is 9.59 Å². The normalized spacial score (nSPS) is 36.0. The van der Waals surface area contributed by atoms with Crippen LogP contribution in [0, 0.1) is 11.8 Å². The van der Waals surface area contributed by atoms with Crippen molar-refractivity contribution in [2.75, 3.05) is 26.7 Å². The SMILES string of the molecule is C[C@@H](O)C1C(=O)N2C(C(=O)O)=C(S[C@@H]3CN[C@H](C(=O)N4CCN(C)S4(=O)=O)C3)[C@H](C)C12. The van der Waals surface area contributed by atoms with Gasteiger partial charge < -0.3 is 20.4 Å². The minimum absolute atomic E-state index is 0.0528. The number of β-lactam (4-membered cyclic amide) rings is 1. The number of nitrogens with zero attached hydrogens (tertiary/aromatic N) is 3. The number of rotatable bonds is 5. The molecular weight excluding hydrogens is 448 g/mol. The van der Waals surface area contributed by atoms with Crippen LogP contribution in [0.15, 0.2) is 10.6 Å². The van der Waals surface area contributed by atoms with Crippen LogP contribution in [0.3, 0.4) is 0 Å². The number of carbonyl (C=O) groups excluding carboxylic acids is 2. The molecule has 172 valence electrons. The molecule has 4 heterocycles. The molecule has 4 aliphatic rings. The summed E-state index contributed by atoms with van der Waals surface area (Å²) in [6.07, 6.45) is -0.521. The Kier molecular flexibility index (Phi) is 5.61. The van der Waals surface area contributed by atoms with E-state index in [1.807, 2.05) is 6.92 Å². The Morgan fingerprint density at radius 1 is 1.29 bits per heavy atom. The van der Waals surface area contributed by atoms with Crippen LogP contribution < -0.4 is 5.32 Å². The summed E-state index contributed by atoms with van der Waals surface area (Å²) in [7, 11) is -2.36. The molecule has 3 saturated heterocycles. The number of nitrogens with one attached hydrogen (secondary N) is 1. The largest absolute Gasteiger partial charge is 0.477 e. The van der Waals surface area contributed by atoms with Gasteiger partial charge in [-0.05, 0) is 13.3 Å². The number of hydrogen-bond acceptors (Lipinski definition) is 8. The molecular formula is C18H26N4O7S2. The van der Waals surface area contributed by atoms with Crippen molar-refractivity contribution in [1.82, 2.24) is 18.8 Å². The highest BCUT2D eigenvalue weighted by molar-refractivity contribution is 8.03. The molecule has 0 aromatic rings. The molecule has 2 unspecified atom stereocenters. The van der Waals surface area contributed by atoms with E-state index in [0.29, 0.717) is 17.9 Å². The van der Waals surface area contributed by atoms with Crippen molar-refractivity contribution >= 4 is 39.8 Å². The molecule has 3 N–H and O–H groups in total. The zero-order valence-electron chi connectivity index (χ0n) is 17.4. The number of hydrogen-bond donors (Lipinski definition) is 3. The molecule has 4 aliphatic heterocycles. The predicted molar refractivity (Wildman–Crippen MR) is 111 cm³/mol. The third-order valence-electron chi connectivity index (χ3n) is 6.53. The topological polar surface area (TPSA) is 148 Å². The Hall–Kier alpha value is -1.67. The molecule has 4 rings (SSSR count). The fourth-order valence-electron chi connectivity index (χ4n) is 4.87. The quantitative estimate of drug-likeness (QED) is 0.410. The maximum absolute atomic E-state index is 12.8. The summed E-state index contributed by atoms with van der Waals surface area (Å²) in [4.78, 5) is 38.9. The van der Waals surface area contributed by atoms with Crippen LogP contribution >= 0.6 is 11.8 Å². The Balaban J connectivity index is 1.48. The minimum Gasteiger partial charge on any atom is -0.477 e. The maximum Gasteiger partial charge on any atom is 0.353 e. The molecule has 11 nitrogen and oxygen atoms in total. The van der Waals surface area contributed by atoms with Crippen LogP contribution in [0.2, 0.25) is 0 Å². The highest BCUT2D eigenvalue weighted by Crippen LogP contribution is 2.51. The molecule has 6 atom stereocenters. The summed E-state index contributed by atoms with van der Waals surface area (Å²) in [6, 6.07) is -1.06. The second kappa shape index (κ2) is 7.73. The Labute approximate surface area is 184 Å². The van der Waals surface area contributed by atoms with Gasteiger partial charge in [0, 0.05) is 36.2 Å². The van der Waals surface area contributed by atoms with Gasteiger partial charge in [-0.15, -0.1) is 11.8 Å². The van der Waals surface area contributed by atoms with E-state index in [0.717, 1.165) is 8.61 Å². The molecule has 3 fully saturated rings. The highest BCUT2D eigenvalue weighted by atomic mass is 32.2. The fraction of sp³-hybridized carbons (Fsp3) is 0.722. The van der Waals surface area contributed by atoms with E-state index in [2.05, 4.69) is 5.32 Å². The first kappa shape index (κ1) is 22.5. The number of aliphatic carboxylic acids is 1. The average Bonchev–Trinajstić information content (AvgIpc) is 3.31. The van der Waals surface area contributed by atoms with Crippen LogP contribution in [0.4, 0.5) is 0 Å². The van der Waals surface area contributed by atoms with Gasteiger partial charge in [0.15, 0.2) is 0 Å². The second-order valence-corrected chi connectivity index (χ2v) is 11.7. The molecule has 0 aliphatic carbocycles. The fourth-order valence-corrected chi connectivity index (χ4v) is 7.66. The number of aliphatic hydroxyl groups is 1. The van der Waals surface area contributed by atoms with Crippen molar-refractivity contribution in [1.29, 1.82) is 0 Å². The van der Waals surface area contributed by atoms with Crippen LogP contribution in [0.5, 0.6) is 0 Å². The number of thioether (sulfide) groups is 1. The van der Waals surface area contributed by atoms with Crippen molar-refractivity contribution in [2.45, 2.75) is 43.7 Å². The third-order valence-corrected chi connectivity index (χ3v) is 9.93. The number of fused-ring (bicyclic) bond motifs is 1. The number of carbonyl (C=O) groups is 3. The number of carboxylic acid groups (broad SMARTS) is 1. The van der Waals surface area contributed by atoms with Gasteiger partial charge in [-0.1, -0.05) is 6.92 Å². The van der Waals surface area contributed by atoms with Gasteiger partial charge in [-0.25, -0.2) is 9.10 Å². The minimum atomic E-state index is -3.78. The number of aliphatic hydroxyl groups excluding tert-OH is 1. The van der Waals surface area contributed by atoms with Crippen LogP contribution in [0.25, 0.3) is 0 Å². The Bertz CT molecular complexity index is 966. The number of carboxylic acids is 1. The van der Waals surface area contributed by atoms with Crippen LogP contribution in [0.1, 0.15) is 20.3 Å². The van der Waals surface area contributed by atoms with Gasteiger partial charge in [0.1, 0.15) is 5.70 Å². The summed E-state index contributed by atoms with van der Waals surface area (Å²) < 4.78 is 26.6. The first-order valence-corrected chi connectivity index (χ1v) is 12.4. The van der Waals surface area contributed by atoms with Gasteiger partial charge in [-0.2, -0.15) is 12.7 Å². The summed E-state index contributed by atoms with van der Waals surface area (Å²) in [5.74, 6) is -2.97. The summed E-state index contributed by atoms with van der Waals surface area (Å²) in [5.41, 5.74) is -0.0528. The third kappa shape index (κ3) is 3.37. The van der Waals surface area contributed by atoms with E-state index in [4.69, 9.17) is 0 Å². The molecule has 31 heavy (non-hydrogen) atoms. The number of amides is 2. The lowest BCUT2D eigenvalue weighted by atomic mass is 9.79. The summed E-state index contributed by atoms with van der Waals surface area (Å²) in [6.45, 7) is 4.14. The summed E-state index contributed by atoms with van der Waals surface area (Å²) >= 11 is 1.32. The van der Waals surface area contributed by atoms with Crippen molar-refractivity contribution < 1.29 is 33.0 Å². The molecule has 0 aromatic heterocycles. The lowest BCUT2D eigenvalue weighted by Crippen LogP contribution is -2.63. The summed E-state index contributed by atoms with van der Waals surface area (Å²) in [5, 5.41) is 22.6. The second-order valence-electron chi connectivity index (χ2n) is 8.45. The van der Waals surface area contributed by atoms with Crippen molar-refractivity contribution in [3.05, 3.63) is 10.6 Å². The van der Waals surface area contributed by atoms with E-state index < -0.39 is 46.2 Å². The number of likely N-dealkylation sites (N-methyl/N-ethyl adjacent to an activating group) is 1. The lowest BCUT2D eigenvalue weighted by molar-refractivity contribution is -0.163. The standard InChI is InChI=1S/C18H26N4O7S2/c1-8-13-12(9(2)23)17(25)22(13)14(18(26)27)15(8)30-10-6-11(19-7-10)16(24)21-5-4-20(3)31(21,28)29/h8-13,19,23H,4-7H2,1-3H3,(H,26,27)/t8-,9-,10+,11+,12?,13?/m1/s1. The zero-order chi connectivity index (χ0) is 22.8. The Morgan fingerprint density at radius 3 is 2.52 bits per heavy atom. The highest BCUT2D eigenvalue weighted by Gasteiger charge is 2.60. The van der Waals surface area contributed by atoms with Crippen molar-refractivity contribution in [2.24, 2.45) is 11.8 Å². The molecule has 13 heteroatoms. The molecule has 0 saturated carbocycles. The molecule has 0 aromatic carbocycles. The average molecular weight is 475 g/mol. The van der Waals surface area contributed by atoms with Gasteiger partial charge in [0.05, 0.1) is 30.7 Å². The zero-order valence-corrected chi connectivity index (χ0v) is 19.0.